The number of aromatic nitrogens is 1. The predicted molar refractivity (Wildman–Crippen MR) is 85.1 cm³/mol. The van der Waals surface area contributed by atoms with Gasteiger partial charge in [0.1, 0.15) is 0 Å². The smallest absolute Gasteiger partial charge is 0.0904 e. The molecule has 0 aliphatic carbocycles. The summed E-state index contributed by atoms with van der Waals surface area (Å²) in [6.07, 6.45) is 0. The second-order valence-corrected chi connectivity index (χ2v) is 7.64. The lowest BCUT2D eigenvalue weighted by molar-refractivity contribution is 0.573. The van der Waals surface area contributed by atoms with E-state index in [0.717, 1.165) is 5.01 Å². The summed E-state index contributed by atoms with van der Waals surface area (Å²) in [5, 5.41) is 1.15. The molecule has 0 aliphatic rings. The van der Waals surface area contributed by atoms with Gasteiger partial charge >= 0.3 is 0 Å². The van der Waals surface area contributed by atoms with Crippen LogP contribution in [0.1, 0.15) is 56.8 Å². The molecule has 1 heterocycles. The molecule has 2 rings (SSSR count). The lowest BCUT2D eigenvalue weighted by atomic mass is 9.89. The average molecular weight is 273 g/mol. The molecule has 0 unspecified atom stereocenters. The van der Waals surface area contributed by atoms with Gasteiger partial charge < -0.3 is 0 Å². The van der Waals surface area contributed by atoms with Gasteiger partial charge in [-0.05, 0) is 24.0 Å². The van der Waals surface area contributed by atoms with Crippen molar-refractivity contribution in [1.82, 2.24) is 4.98 Å². The van der Waals surface area contributed by atoms with Crippen molar-refractivity contribution in [2.75, 3.05) is 0 Å². The molecule has 19 heavy (non-hydrogen) atoms. The van der Waals surface area contributed by atoms with Crippen molar-refractivity contribution in [3.05, 3.63) is 40.5 Å². The van der Waals surface area contributed by atoms with Gasteiger partial charge in [-0.1, -0.05) is 58.9 Å². The number of hydrogen-bond donors (Lipinski definition) is 0. The maximum absolute atomic E-state index is 4.73. The summed E-state index contributed by atoms with van der Waals surface area (Å²) in [5.74, 6) is 0.583. The molecule has 0 spiro atoms. The van der Waals surface area contributed by atoms with Gasteiger partial charge in [-0.15, -0.1) is 11.3 Å². The molecule has 0 aliphatic heterocycles. The Morgan fingerprint density at radius 1 is 1.05 bits per heavy atom. The van der Waals surface area contributed by atoms with Crippen LogP contribution in [-0.2, 0) is 5.41 Å². The third kappa shape index (κ3) is 3.06. The van der Waals surface area contributed by atoms with Crippen LogP contribution >= 0.6 is 11.3 Å². The Hall–Kier alpha value is -1.15. The molecule has 0 N–H and O–H groups in total. The van der Waals surface area contributed by atoms with Gasteiger partial charge in [0.05, 0.1) is 15.6 Å². The van der Waals surface area contributed by atoms with Crippen molar-refractivity contribution < 1.29 is 0 Å². The molecule has 0 bridgehead atoms. The van der Waals surface area contributed by atoms with Crippen LogP contribution in [-0.4, -0.2) is 4.98 Å². The fraction of sp³-hybridized carbons (Fsp3) is 0.471. The Labute approximate surface area is 120 Å². The first-order valence-corrected chi connectivity index (χ1v) is 7.69. The Morgan fingerprint density at radius 3 is 2.11 bits per heavy atom. The predicted octanol–water partition coefficient (Wildman–Crippen LogP) is 5.54. The Morgan fingerprint density at radius 2 is 1.63 bits per heavy atom. The van der Waals surface area contributed by atoms with Crippen LogP contribution in [0.4, 0.5) is 0 Å². The van der Waals surface area contributed by atoms with E-state index in [4.69, 9.17) is 4.98 Å². The summed E-state index contributed by atoms with van der Waals surface area (Å²) >= 11 is 1.80. The van der Waals surface area contributed by atoms with E-state index in [9.17, 15) is 0 Å². The Kier molecular flexibility index (Phi) is 3.82. The van der Waals surface area contributed by atoms with E-state index in [1.807, 2.05) is 0 Å². The second kappa shape index (κ2) is 5.09. The molecule has 1 aromatic heterocycles. The van der Waals surface area contributed by atoms with Crippen LogP contribution in [0.2, 0.25) is 0 Å². The van der Waals surface area contributed by atoms with Gasteiger partial charge in [0, 0.05) is 5.41 Å². The molecule has 2 aromatic rings. The molecule has 0 saturated carbocycles. The summed E-state index contributed by atoms with van der Waals surface area (Å²) in [7, 11) is 0. The summed E-state index contributed by atoms with van der Waals surface area (Å²) in [6.45, 7) is 13.2. The molecular formula is C17H23NS. The first kappa shape index (κ1) is 14.3. The average Bonchev–Trinajstić information content (AvgIpc) is 2.71. The molecule has 0 atom stereocenters. The number of rotatable bonds is 2. The molecule has 0 amide bonds. The van der Waals surface area contributed by atoms with Crippen molar-refractivity contribution in [3.8, 4) is 10.4 Å². The highest BCUT2D eigenvalue weighted by atomic mass is 32.1. The quantitative estimate of drug-likeness (QED) is 0.700. The summed E-state index contributed by atoms with van der Waals surface area (Å²) in [6, 6.07) is 8.94. The van der Waals surface area contributed by atoms with Crippen LogP contribution in [0.25, 0.3) is 10.4 Å². The zero-order chi connectivity index (χ0) is 14.2. The van der Waals surface area contributed by atoms with Crippen molar-refractivity contribution in [3.63, 3.8) is 0 Å². The molecule has 102 valence electrons. The zero-order valence-corrected chi connectivity index (χ0v) is 13.6. The summed E-state index contributed by atoms with van der Waals surface area (Å²) < 4.78 is 0. The first-order chi connectivity index (χ1) is 8.79. The van der Waals surface area contributed by atoms with Gasteiger partial charge in [0.2, 0.25) is 0 Å². The van der Waals surface area contributed by atoms with E-state index in [1.54, 1.807) is 11.3 Å². The summed E-state index contributed by atoms with van der Waals surface area (Å²) in [4.78, 5) is 6.05. The van der Waals surface area contributed by atoms with Crippen LogP contribution in [0, 0.1) is 6.92 Å². The third-order valence-electron chi connectivity index (χ3n) is 3.28. The molecular weight excluding hydrogens is 250 g/mol. The second-order valence-electron chi connectivity index (χ2n) is 6.44. The molecule has 0 fully saturated rings. The van der Waals surface area contributed by atoms with Crippen molar-refractivity contribution in [2.24, 2.45) is 0 Å². The normalized spacial score (nSPS) is 12.2. The highest BCUT2D eigenvalue weighted by Gasteiger charge is 2.23. The minimum atomic E-state index is 0.0941. The SMILES string of the molecule is Cc1nc(C(C)(C)C)c(-c2ccc(C(C)C)cc2)s1. The topological polar surface area (TPSA) is 12.9 Å². The van der Waals surface area contributed by atoms with Gasteiger partial charge in [-0.25, -0.2) is 4.98 Å². The first-order valence-electron chi connectivity index (χ1n) is 6.87. The molecule has 1 aromatic carbocycles. The highest BCUT2D eigenvalue weighted by Crippen LogP contribution is 2.37. The number of benzene rings is 1. The molecule has 0 radical (unpaired) electrons. The Bertz CT molecular complexity index is 556. The monoisotopic (exact) mass is 273 g/mol. The van der Waals surface area contributed by atoms with E-state index in [0.29, 0.717) is 5.92 Å². The number of hydrogen-bond acceptors (Lipinski definition) is 2. The van der Waals surface area contributed by atoms with Crippen LogP contribution in [0.5, 0.6) is 0 Å². The largest absolute Gasteiger partial charge is 0.245 e. The lowest BCUT2D eigenvalue weighted by Crippen LogP contribution is -2.12. The maximum atomic E-state index is 4.73. The highest BCUT2D eigenvalue weighted by molar-refractivity contribution is 7.15. The van der Waals surface area contributed by atoms with E-state index >= 15 is 0 Å². The van der Waals surface area contributed by atoms with Gasteiger partial charge in [0.25, 0.3) is 0 Å². The van der Waals surface area contributed by atoms with Crippen LogP contribution in [0.3, 0.4) is 0 Å². The van der Waals surface area contributed by atoms with E-state index < -0.39 is 0 Å². The fourth-order valence-corrected chi connectivity index (χ4v) is 3.29. The maximum Gasteiger partial charge on any atom is 0.0904 e. The van der Waals surface area contributed by atoms with Gasteiger partial charge in [0.15, 0.2) is 0 Å². The number of thiazole rings is 1. The summed E-state index contributed by atoms with van der Waals surface area (Å²) in [5.41, 5.74) is 3.99. The number of nitrogens with zero attached hydrogens (tertiary/aromatic N) is 1. The third-order valence-corrected chi connectivity index (χ3v) is 4.30. The molecule has 1 nitrogen and oxygen atoms in total. The fourth-order valence-electron chi connectivity index (χ4n) is 2.15. The molecule has 0 saturated heterocycles. The van der Waals surface area contributed by atoms with Crippen LogP contribution < -0.4 is 0 Å². The Balaban J connectivity index is 2.47. The minimum Gasteiger partial charge on any atom is -0.245 e. The standard InChI is InChI=1S/C17H23NS/c1-11(2)13-7-9-14(10-8-13)15-16(17(4,5)6)18-12(3)19-15/h7-11H,1-6H3. The van der Waals surface area contributed by atoms with Gasteiger partial charge in [-0.3, -0.25) is 0 Å². The van der Waals surface area contributed by atoms with E-state index in [2.05, 4.69) is 65.8 Å². The van der Waals surface area contributed by atoms with Crippen LogP contribution in [0.15, 0.2) is 24.3 Å². The van der Waals surface area contributed by atoms with Crippen molar-refractivity contribution >= 4 is 11.3 Å². The minimum absolute atomic E-state index is 0.0941. The van der Waals surface area contributed by atoms with Gasteiger partial charge in [-0.2, -0.15) is 0 Å². The zero-order valence-electron chi connectivity index (χ0n) is 12.7. The molecule has 2 heteroatoms. The van der Waals surface area contributed by atoms with E-state index in [-0.39, 0.29) is 5.41 Å². The lowest BCUT2D eigenvalue weighted by Gasteiger charge is -2.18. The van der Waals surface area contributed by atoms with Crippen molar-refractivity contribution in [1.29, 1.82) is 0 Å². The van der Waals surface area contributed by atoms with Crippen molar-refractivity contribution in [2.45, 2.75) is 52.9 Å². The number of aryl methyl sites for hydroxylation is 1. The van der Waals surface area contributed by atoms with E-state index in [1.165, 1.54) is 21.7 Å².